The molecule has 32 nitrogen and oxygen atoms in total. The van der Waals surface area contributed by atoms with E-state index in [2.05, 4.69) is 52.8 Å². The van der Waals surface area contributed by atoms with Crippen molar-refractivity contribution in [3.8, 4) is 0 Å². The third-order valence-electron chi connectivity index (χ3n) is 10.1. The fraction of sp³-hybridized carbons (Fsp3) is 0.650. The highest BCUT2D eigenvalue weighted by molar-refractivity contribution is 8.76. The molecule has 0 saturated carbocycles. The number of hydrogen-bond acceptors (Lipinski definition) is 19. The van der Waals surface area contributed by atoms with Crippen molar-refractivity contribution in [2.24, 2.45) is 33.8 Å². The van der Waals surface area contributed by atoms with Gasteiger partial charge in [-0.15, -0.1) is 0 Å². The van der Waals surface area contributed by atoms with E-state index < -0.39 is 188 Å². The second-order valence-corrected chi connectivity index (χ2v) is 19.5. The van der Waals surface area contributed by atoms with Gasteiger partial charge in [-0.1, -0.05) is 35.4 Å². The average Bonchev–Trinajstić information content (AvgIpc) is 3.29. The van der Waals surface area contributed by atoms with Crippen molar-refractivity contribution in [1.29, 1.82) is 0 Å². The molecule has 0 bridgehead atoms. The zero-order valence-corrected chi connectivity index (χ0v) is 42.1. The van der Waals surface area contributed by atoms with Gasteiger partial charge in [0.25, 0.3) is 0 Å². The third-order valence-corrected chi connectivity index (χ3v) is 12.5. The molecule has 1 fully saturated rings. The van der Waals surface area contributed by atoms with E-state index in [1.54, 1.807) is 13.8 Å². The maximum atomic E-state index is 14.0. The molecule has 0 aromatic heterocycles. The summed E-state index contributed by atoms with van der Waals surface area (Å²) >= 11 is 0. The molecule has 0 aromatic rings. The number of amides is 10. The molecule has 416 valence electrons. The van der Waals surface area contributed by atoms with E-state index in [-0.39, 0.29) is 37.7 Å². The molecule has 0 unspecified atom stereocenters. The van der Waals surface area contributed by atoms with Gasteiger partial charge in [-0.25, -0.2) is 0 Å². The van der Waals surface area contributed by atoms with E-state index in [0.29, 0.717) is 0 Å². The monoisotopic (exact) mass is 1090 g/mol. The highest BCUT2D eigenvalue weighted by Gasteiger charge is 2.37. The molecule has 1 heterocycles. The molecule has 1 aliphatic heterocycles. The minimum Gasteiger partial charge on any atom is -0.481 e. The Morgan fingerprint density at radius 1 is 0.730 bits per heavy atom. The van der Waals surface area contributed by atoms with E-state index in [0.717, 1.165) is 28.5 Å². The fourth-order valence-electron chi connectivity index (χ4n) is 6.31. The highest BCUT2D eigenvalue weighted by Crippen LogP contribution is 2.24. The highest BCUT2D eigenvalue weighted by atomic mass is 33.1. The van der Waals surface area contributed by atoms with Gasteiger partial charge in [0, 0.05) is 24.5 Å². The molecule has 1 saturated heterocycles. The van der Waals surface area contributed by atoms with Gasteiger partial charge in [-0.3, -0.25) is 67.3 Å². The van der Waals surface area contributed by atoms with Gasteiger partial charge in [-0.2, -0.15) is 0 Å². The molecule has 1 rings (SSSR count). The topological polar surface area (TPSA) is 548 Å². The van der Waals surface area contributed by atoms with Crippen LogP contribution in [0.1, 0.15) is 65.7 Å². The SMILES string of the molecule is CC(C)C[C@@H]1NC(=O)[C@@H]([C@@H](C)O)NC(=O)[C@H](CC(=O)O)NC(=O)[C@@H](CO)NC(=O)[C@H](CCCN=C(N)N)NC(=O)[C@@H](NC(=O)[C@@H](N)CC(=O)O)CSSC[C@@H](C(=O)NCC(=O)N[C@@H](CCC(=O)O)C(N)=O)NC1=O. The Kier molecular flexibility index (Phi) is 28.9. The number of carbonyl (C=O) groups excluding carboxylic acids is 10. The van der Waals surface area contributed by atoms with Crippen LogP contribution >= 0.6 is 21.6 Å². The summed E-state index contributed by atoms with van der Waals surface area (Å²) in [5.74, 6) is -17.7. The number of carboxylic acids is 3. The Morgan fingerprint density at radius 3 is 1.85 bits per heavy atom. The Balaban J connectivity index is 3.95. The van der Waals surface area contributed by atoms with Crippen molar-refractivity contribution in [1.82, 2.24) is 47.9 Å². The van der Waals surface area contributed by atoms with E-state index in [1.807, 2.05) is 0 Å². The Bertz CT molecular complexity index is 2080. The number of primary amides is 1. The van der Waals surface area contributed by atoms with Crippen LogP contribution in [0.3, 0.4) is 0 Å². The molecule has 0 aliphatic carbocycles. The Hall–Kier alpha value is -7.04. The first-order valence-corrected chi connectivity index (χ1v) is 25.0. The van der Waals surface area contributed by atoms with Crippen molar-refractivity contribution in [2.45, 2.75) is 126 Å². The van der Waals surface area contributed by atoms with Crippen LogP contribution in [0.4, 0.5) is 0 Å². The number of aliphatic imine (C=N–C) groups is 1. The largest absolute Gasteiger partial charge is 0.481 e. The summed E-state index contributed by atoms with van der Waals surface area (Å²) in [6, 6.07) is -15.7. The molecule has 0 spiro atoms. The lowest BCUT2D eigenvalue weighted by atomic mass is 10.0. The zero-order valence-electron chi connectivity index (χ0n) is 40.5. The van der Waals surface area contributed by atoms with Crippen LogP contribution in [0.25, 0.3) is 0 Å². The molecule has 10 amide bonds. The molecule has 1 aliphatic rings. The summed E-state index contributed by atoms with van der Waals surface area (Å²) < 4.78 is 0. The van der Waals surface area contributed by atoms with Gasteiger partial charge in [0.05, 0.1) is 38.1 Å². The lowest BCUT2D eigenvalue weighted by Gasteiger charge is -2.28. The molecule has 0 aromatic carbocycles. The van der Waals surface area contributed by atoms with Crippen LogP contribution in [0.2, 0.25) is 0 Å². The van der Waals surface area contributed by atoms with E-state index in [9.17, 15) is 82.8 Å². The molecular weight excluding hydrogens is 1030 g/mol. The lowest BCUT2D eigenvalue weighted by Crippen LogP contribution is -2.62. The Labute approximate surface area is 430 Å². The number of carboxylic acid groups (broad SMARTS) is 3. The summed E-state index contributed by atoms with van der Waals surface area (Å²) in [5.41, 5.74) is 21.8. The number of aliphatic hydroxyl groups excluding tert-OH is 2. The summed E-state index contributed by atoms with van der Waals surface area (Å²) in [6.45, 7) is 2.16. The van der Waals surface area contributed by atoms with Crippen LogP contribution < -0.4 is 70.8 Å². The quantitative estimate of drug-likeness (QED) is 0.0207. The average molecular weight is 1100 g/mol. The third kappa shape index (κ3) is 25.1. The van der Waals surface area contributed by atoms with Crippen molar-refractivity contribution < 1.29 is 87.9 Å². The molecule has 34 heteroatoms. The zero-order chi connectivity index (χ0) is 56.4. The van der Waals surface area contributed by atoms with Gasteiger partial charge in [0.2, 0.25) is 59.1 Å². The van der Waals surface area contributed by atoms with E-state index >= 15 is 0 Å². The predicted molar refractivity (Wildman–Crippen MR) is 260 cm³/mol. The van der Waals surface area contributed by atoms with Gasteiger partial charge >= 0.3 is 17.9 Å². The molecular formula is C40H66N14O18S2. The second kappa shape index (κ2) is 32.9. The summed E-state index contributed by atoms with van der Waals surface area (Å²) in [6.07, 6.45) is -5.30. The normalized spacial score (nSPS) is 23.0. The number of carbonyl (C=O) groups is 13. The number of aliphatic hydroxyl groups is 2. The summed E-state index contributed by atoms with van der Waals surface area (Å²) in [5, 5.41) is 68.9. The predicted octanol–water partition coefficient (Wildman–Crippen LogP) is -8.52. The number of aliphatic carboxylic acids is 3. The smallest absolute Gasteiger partial charge is 0.305 e. The molecule has 0 radical (unpaired) electrons. The minimum absolute atomic E-state index is 0.0401. The number of hydrogen-bond donors (Lipinski definition) is 18. The van der Waals surface area contributed by atoms with E-state index in [1.165, 1.54) is 0 Å². The molecule has 10 atom stereocenters. The van der Waals surface area contributed by atoms with Crippen LogP contribution in [0, 0.1) is 5.92 Å². The van der Waals surface area contributed by atoms with Crippen LogP contribution in [-0.4, -0.2) is 200 Å². The standard InChI is InChI=1S/C40H66N14O18S2/c1-16(2)9-21-35(68)53-24(33(66)46-12-26(57)47-19(31(42)64)6-7-27(58)59)14-73-74-15-25(52-32(65)18(41)10-28(60)61)38(71)48-20(5-4-8-45-40(43)44)34(67)51-23(13-55)37(70)49-22(11-29(62)63)36(69)54-30(17(3)56)39(72)50-21/h16-25,30,55-56H,4-15,41H2,1-3H3,(H2,42,64)(H,46,66)(H,47,57)(H,48,71)(H,49,70)(H,50,72)(H,51,67)(H,52,65)(H,53,68)(H,54,69)(H,58,59)(H,60,61)(H,62,63)(H4,43,44,45)/t17-,18+,19+,20+,21+,22+,23-,24+,25+,30-/m1/s1. The van der Waals surface area contributed by atoms with Crippen molar-refractivity contribution in [2.75, 3.05) is 31.2 Å². The number of nitrogens with two attached hydrogens (primary N) is 4. The molecule has 22 N–H and O–H groups in total. The number of guanidine groups is 1. The van der Waals surface area contributed by atoms with Crippen molar-refractivity contribution in [3.63, 3.8) is 0 Å². The first kappa shape index (κ1) is 65.0. The molecule has 74 heavy (non-hydrogen) atoms. The maximum absolute atomic E-state index is 14.0. The number of nitrogens with zero attached hydrogens (tertiary/aromatic N) is 1. The first-order valence-electron chi connectivity index (χ1n) is 22.5. The fourth-order valence-corrected chi connectivity index (χ4v) is 8.64. The van der Waals surface area contributed by atoms with Crippen LogP contribution in [0.5, 0.6) is 0 Å². The minimum atomic E-state index is -2.06. The van der Waals surface area contributed by atoms with Crippen LogP contribution in [0.15, 0.2) is 4.99 Å². The number of nitrogens with one attached hydrogen (secondary N) is 9. The van der Waals surface area contributed by atoms with E-state index in [4.69, 9.17) is 28.0 Å². The van der Waals surface area contributed by atoms with Gasteiger partial charge in [0.1, 0.15) is 48.3 Å². The lowest BCUT2D eigenvalue weighted by molar-refractivity contribution is -0.142. The number of rotatable bonds is 22. The summed E-state index contributed by atoms with van der Waals surface area (Å²) in [7, 11) is 1.54. The Morgan fingerprint density at radius 2 is 1.30 bits per heavy atom. The summed E-state index contributed by atoms with van der Waals surface area (Å²) in [4.78, 5) is 172. The second-order valence-electron chi connectivity index (χ2n) is 16.9. The van der Waals surface area contributed by atoms with Gasteiger partial charge in [-0.05, 0) is 38.5 Å². The van der Waals surface area contributed by atoms with Crippen LogP contribution in [-0.2, 0) is 62.3 Å². The first-order chi connectivity index (χ1) is 34.6. The van der Waals surface area contributed by atoms with Gasteiger partial charge in [0.15, 0.2) is 5.96 Å². The van der Waals surface area contributed by atoms with Crippen molar-refractivity contribution in [3.05, 3.63) is 0 Å². The van der Waals surface area contributed by atoms with Crippen molar-refractivity contribution >= 4 is 105 Å². The maximum Gasteiger partial charge on any atom is 0.305 e. The van der Waals surface area contributed by atoms with Gasteiger partial charge < -0.3 is 96.3 Å².